The number of fused-ring (bicyclic) bond motifs is 3. The number of nitrogens with one attached hydrogen (secondary N) is 2. The van der Waals surface area contributed by atoms with E-state index >= 15 is 0 Å². The maximum atomic E-state index is 12.4. The molecule has 0 aromatic heterocycles. The van der Waals surface area contributed by atoms with Gasteiger partial charge in [-0.25, -0.2) is 0 Å². The third-order valence-corrected chi connectivity index (χ3v) is 5.27. The Morgan fingerprint density at radius 3 is 2.48 bits per heavy atom. The first-order valence-electron chi connectivity index (χ1n) is 8.53. The maximum absolute atomic E-state index is 12.4. The highest BCUT2D eigenvalue weighted by atomic mass is 35.5. The first-order chi connectivity index (χ1) is 11.5. The molecular formula is C18H22ClN3O3. The van der Waals surface area contributed by atoms with Gasteiger partial charge in [0, 0.05) is 18.1 Å². The molecule has 2 N–H and O–H groups in total. The van der Waals surface area contributed by atoms with E-state index in [9.17, 15) is 14.4 Å². The minimum absolute atomic E-state index is 0. The van der Waals surface area contributed by atoms with Gasteiger partial charge < -0.3 is 10.6 Å². The van der Waals surface area contributed by atoms with Crippen molar-refractivity contribution in [2.24, 2.45) is 0 Å². The Hall–Kier alpha value is -1.92. The number of piperidine rings is 1. The number of hydrogen-bond donors (Lipinski definition) is 2. The summed E-state index contributed by atoms with van der Waals surface area (Å²) in [6, 6.07) is 6.27. The molecule has 134 valence electrons. The summed E-state index contributed by atoms with van der Waals surface area (Å²) < 4.78 is 0. The zero-order valence-corrected chi connectivity index (χ0v) is 14.9. The van der Waals surface area contributed by atoms with Gasteiger partial charge in [0.2, 0.25) is 5.91 Å². The van der Waals surface area contributed by atoms with Crippen molar-refractivity contribution >= 4 is 30.1 Å². The smallest absolute Gasteiger partial charge is 0.262 e. The number of halogens is 1. The maximum Gasteiger partial charge on any atom is 0.262 e. The topological polar surface area (TPSA) is 78.5 Å². The Morgan fingerprint density at radius 2 is 1.80 bits per heavy atom. The minimum Gasteiger partial charge on any atom is -0.352 e. The Balaban J connectivity index is 0.00000182. The van der Waals surface area contributed by atoms with Gasteiger partial charge in [-0.05, 0) is 44.7 Å². The molecule has 7 heteroatoms. The average molecular weight is 364 g/mol. The standard InChI is InChI=1S/C18H21N3O3.ClH/c1-10-2-5-14-15(6-10)18(24)21(17(14)23)9-16(22)20-13-7-11-3-4-12(8-13)19-11;/h2,5-6,11-13,19H,3-4,7-9H2,1H3,(H,20,22);1H. The molecule has 4 rings (SSSR count). The number of benzene rings is 1. The molecule has 3 amide bonds. The highest BCUT2D eigenvalue weighted by Crippen LogP contribution is 2.27. The van der Waals surface area contributed by atoms with Crippen LogP contribution in [0.15, 0.2) is 18.2 Å². The summed E-state index contributed by atoms with van der Waals surface area (Å²) in [6.45, 7) is 1.67. The van der Waals surface area contributed by atoms with Crippen LogP contribution in [0.5, 0.6) is 0 Å². The van der Waals surface area contributed by atoms with Gasteiger partial charge in [0.1, 0.15) is 6.54 Å². The highest BCUT2D eigenvalue weighted by molar-refractivity contribution is 6.22. The summed E-state index contributed by atoms with van der Waals surface area (Å²) in [5.41, 5.74) is 1.71. The van der Waals surface area contributed by atoms with E-state index in [4.69, 9.17) is 0 Å². The van der Waals surface area contributed by atoms with Crippen molar-refractivity contribution in [3.05, 3.63) is 34.9 Å². The zero-order chi connectivity index (χ0) is 16.8. The van der Waals surface area contributed by atoms with Gasteiger partial charge >= 0.3 is 0 Å². The second kappa shape index (κ2) is 6.77. The SMILES string of the molecule is Cc1ccc2c(c1)C(=O)N(CC(=O)NC1CC3CCC(C1)N3)C2=O.Cl. The first-order valence-corrected chi connectivity index (χ1v) is 8.53. The van der Waals surface area contributed by atoms with Crippen molar-refractivity contribution < 1.29 is 14.4 Å². The van der Waals surface area contributed by atoms with Crippen LogP contribution >= 0.6 is 12.4 Å². The summed E-state index contributed by atoms with van der Waals surface area (Å²) in [5.74, 6) is -1.01. The van der Waals surface area contributed by atoms with Crippen molar-refractivity contribution in [2.45, 2.75) is 50.7 Å². The van der Waals surface area contributed by atoms with Crippen molar-refractivity contribution in [3.63, 3.8) is 0 Å². The summed E-state index contributed by atoms with van der Waals surface area (Å²) in [5, 5.41) is 6.53. The Bertz CT molecular complexity index is 724. The number of imide groups is 1. The average Bonchev–Trinajstić information content (AvgIpc) is 2.99. The molecule has 3 heterocycles. The number of aryl methyl sites for hydroxylation is 1. The third kappa shape index (κ3) is 3.28. The third-order valence-electron chi connectivity index (χ3n) is 5.27. The number of nitrogens with zero attached hydrogens (tertiary/aromatic N) is 1. The molecule has 3 aliphatic rings. The largest absolute Gasteiger partial charge is 0.352 e. The van der Waals surface area contributed by atoms with Crippen molar-refractivity contribution in [3.8, 4) is 0 Å². The molecule has 6 nitrogen and oxygen atoms in total. The molecule has 0 aliphatic carbocycles. The monoisotopic (exact) mass is 363 g/mol. The number of amides is 3. The number of rotatable bonds is 3. The summed E-state index contributed by atoms with van der Waals surface area (Å²) in [6.07, 6.45) is 4.16. The fourth-order valence-electron chi connectivity index (χ4n) is 4.14. The molecule has 1 aromatic rings. The van der Waals surface area contributed by atoms with Crippen LogP contribution in [-0.4, -0.2) is 47.3 Å². The van der Waals surface area contributed by atoms with Crippen LogP contribution in [0.2, 0.25) is 0 Å². The minimum atomic E-state index is -0.379. The van der Waals surface area contributed by atoms with Crippen LogP contribution in [-0.2, 0) is 4.79 Å². The van der Waals surface area contributed by atoms with Crippen molar-refractivity contribution in [2.75, 3.05) is 6.54 Å². The van der Waals surface area contributed by atoms with Crippen LogP contribution in [0.4, 0.5) is 0 Å². The molecule has 3 aliphatic heterocycles. The van der Waals surface area contributed by atoms with E-state index in [1.165, 1.54) is 0 Å². The van der Waals surface area contributed by atoms with E-state index in [-0.39, 0.29) is 42.7 Å². The predicted octanol–water partition coefficient (Wildman–Crippen LogP) is 1.41. The molecule has 2 unspecified atom stereocenters. The summed E-state index contributed by atoms with van der Waals surface area (Å²) >= 11 is 0. The highest BCUT2D eigenvalue weighted by Gasteiger charge is 2.38. The number of carbonyl (C=O) groups is 3. The first kappa shape index (κ1) is 17.9. The Kier molecular flexibility index (Phi) is 4.84. The summed E-state index contributed by atoms with van der Waals surface area (Å²) in [4.78, 5) is 38.2. The molecule has 2 fully saturated rings. The number of hydrogen-bond acceptors (Lipinski definition) is 4. The second-order valence-corrected chi connectivity index (χ2v) is 7.12. The molecule has 2 bridgehead atoms. The van der Waals surface area contributed by atoms with Gasteiger partial charge in [0.05, 0.1) is 11.1 Å². The van der Waals surface area contributed by atoms with Crippen LogP contribution in [0.3, 0.4) is 0 Å². The lowest BCUT2D eigenvalue weighted by Crippen LogP contribution is -2.50. The van der Waals surface area contributed by atoms with E-state index in [2.05, 4.69) is 10.6 Å². The van der Waals surface area contributed by atoms with Crippen molar-refractivity contribution in [1.29, 1.82) is 0 Å². The van der Waals surface area contributed by atoms with Crippen LogP contribution in [0, 0.1) is 6.92 Å². The quantitative estimate of drug-likeness (QED) is 0.796. The van der Waals surface area contributed by atoms with Gasteiger partial charge in [-0.15, -0.1) is 12.4 Å². The van der Waals surface area contributed by atoms with Crippen LogP contribution in [0.25, 0.3) is 0 Å². The molecule has 2 saturated heterocycles. The van der Waals surface area contributed by atoms with Crippen molar-refractivity contribution in [1.82, 2.24) is 15.5 Å². The number of carbonyl (C=O) groups excluding carboxylic acids is 3. The van der Waals surface area contributed by atoms with Gasteiger partial charge in [0.15, 0.2) is 0 Å². The molecule has 0 saturated carbocycles. The van der Waals surface area contributed by atoms with Gasteiger partial charge in [0.25, 0.3) is 11.8 Å². The Morgan fingerprint density at radius 1 is 1.16 bits per heavy atom. The van der Waals surface area contributed by atoms with E-state index in [0.29, 0.717) is 23.2 Å². The fourth-order valence-corrected chi connectivity index (χ4v) is 4.14. The molecular weight excluding hydrogens is 342 g/mol. The van der Waals surface area contributed by atoms with Crippen LogP contribution in [0.1, 0.15) is 52.0 Å². The zero-order valence-electron chi connectivity index (χ0n) is 14.1. The van der Waals surface area contributed by atoms with Gasteiger partial charge in [-0.2, -0.15) is 0 Å². The molecule has 25 heavy (non-hydrogen) atoms. The summed E-state index contributed by atoms with van der Waals surface area (Å²) in [7, 11) is 0. The molecule has 2 atom stereocenters. The normalized spacial score (nSPS) is 27.1. The van der Waals surface area contributed by atoms with Gasteiger partial charge in [-0.1, -0.05) is 11.6 Å². The predicted molar refractivity (Wildman–Crippen MR) is 94.9 cm³/mol. The molecule has 0 spiro atoms. The lowest BCUT2D eigenvalue weighted by molar-refractivity contribution is -0.122. The molecule has 0 radical (unpaired) electrons. The van der Waals surface area contributed by atoms with E-state index in [0.717, 1.165) is 36.1 Å². The van der Waals surface area contributed by atoms with Crippen LogP contribution < -0.4 is 10.6 Å². The van der Waals surface area contributed by atoms with E-state index in [1.54, 1.807) is 18.2 Å². The Labute approximate surface area is 152 Å². The lowest BCUT2D eigenvalue weighted by atomic mass is 10.00. The second-order valence-electron chi connectivity index (χ2n) is 7.12. The lowest BCUT2D eigenvalue weighted by Gasteiger charge is -2.30. The fraction of sp³-hybridized carbons (Fsp3) is 0.500. The van der Waals surface area contributed by atoms with Gasteiger partial charge in [-0.3, -0.25) is 19.3 Å². The van der Waals surface area contributed by atoms with E-state index in [1.807, 2.05) is 6.92 Å². The van der Waals surface area contributed by atoms with E-state index < -0.39 is 0 Å². The molecule has 1 aromatic carbocycles.